The van der Waals surface area contributed by atoms with Crippen LogP contribution >= 0.6 is 0 Å². The molecule has 0 atom stereocenters. The van der Waals surface area contributed by atoms with Gasteiger partial charge in [0.1, 0.15) is 0 Å². The standard InChI is InChI=1S/C12H15N3Se/c13-15-14-10-12(8-4-5-9-12)16-11-6-2-1-3-7-11/h1-3,6-7H,4-5,8-10H2. The van der Waals surface area contributed by atoms with Crippen molar-refractivity contribution in [3.05, 3.63) is 40.8 Å². The first-order valence-electron chi connectivity index (χ1n) is 5.60. The second-order valence-corrected chi connectivity index (χ2v) is 7.43. The number of hydrogen-bond donors (Lipinski definition) is 0. The Labute approximate surface area is 102 Å². The Bertz CT molecular complexity index is 379. The van der Waals surface area contributed by atoms with Crippen molar-refractivity contribution in [1.82, 2.24) is 0 Å². The van der Waals surface area contributed by atoms with Crippen molar-refractivity contribution in [2.75, 3.05) is 6.54 Å². The summed E-state index contributed by atoms with van der Waals surface area (Å²) < 4.78 is 1.71. The fourth-order valence-electron chi connectivity index (χ4n) is 2.21. The summed E-state index contributed by atoms with van der Waals surface area (Å²) >= 11 is 0.430. The van der Waals surface area contributed by atoms with Crippen molar-refractivity contribution in [3.63, 3.8) is 0 Å². The zero-order chi connectivity index (χ0) is 11.3. The Morgan fingerprint density at radius 1 is 1.25 bits per heavy atom. The van der Waals surface area contributed by atoms with Crippen LogP contribution in [0.1, 0.15) is 25.7 Å². The van der Waals surface area contributed by atoms with Crippen LogP contribution in [0, 0.1) is 0 Å². The van der Waals surface area contributed by atoms with E-state index in [0.29, 0.717) is 25.8 Å². The van der Waals surface area contributed by atoms with E-state index in [1.54, 1.807) is 0 Å². The van der Waals surface area contributed by atoms with Gasteiger partial charge in [-0.1, -0.05) is 0 Å². The van der Waals surface area contributed by atoms with E-state index in [-0.39, 0.29) is 0 Å². The quantitative estimate of drug-likeness (QED) is 0.352. The van der Waals surface area contributed by atoms with Gasteiger partial charge in [-0.25, -0.2) is 0 Å². The minimum absolute atomic E-state index is 0.292. The summed E-state index contributed by atoms with van der Waals surface area (Å²) in [7, 11) is 0. The molecule has 1 aliphatic rings. The second-order valence-electron chi connectivity index (χ2n) is 4.19. The summed E-state index contributed by atoms with van der Waals surface area (Å²) in [5.74, 6) is 0. The van der Waals surface area contributed by atoms with Gasteiger partial charge in [0.05, 0.1) is 0 Å². The Kier molecular flexibility index (Phi) is 3.89. The van der Waals surface area contributed by atoms with E-state index in [1.165, 1.54) is 30.1 Å². The first-order chi connectivity index (χ1) is 7.85. The molecule has 16 heavy (non-hydrogen) atoms. The average Bonchev–Trinajstić information content (AvgIpc) is 2.77. The van der Waals surface area contributed by atoms with Crippen molar-refractivity contribution in [3.8, 4) is 0 Å². The molecule has 1 aromatic carbocycles. The van der Waals surface area contributed by atoms with Gasteiger partial charge >= 0.3 is 102 Å². The molecule has 1 aromatic rings. The first-order valence-corrected chi connectivity index (χ1v) is 7.31. The average molecular weight is 280 g/mol. The van der Waals surface area contributed by atoms with E-state index in [9.17, 15) is 0 Å². The van der Waals surface area contributed by atoms with E-state index in [2.05, 4.69) is 34.3 Å². The summed E-state index contributed by atoms with van der Waals surface area (Å²) in [6, 6.07) is 10.6. The van der Waals surface area contributed by atoms with Crippen molar-refractivity contribution in [1.29, 1.82) is 0 Å². The third kappa shape index (κ3) is 2.79. The summed E-state index contributed by atoms with van der Waals surface area (Å²) in [5.41, 5.74) is 8.47. The first kappa shape index (κ1) is 11.5. The molecule has 0 N–H and O–H groups in total. The molecule has 1 aliphatic carbocycles. The van der Waals surface area contributed by atoms with Crippen molar-refractivity contribution < 1.29 is 0 Å². The van der Waals surface area contributed by atoms with E-state index < -0.39 is 0 Å². The number of benzene rings is 1. The fraction of sp³-hybridized carbons (Fsp3) is 0.500. The predicted molar refractivity (Wildman–Crippen MR) is 67.0 cm³/mol. The van der Waals surface area contributed by atoms with Crippen LogP contribution in [-0.2, 0) is 0 Å². The Balaban J connectivity index is 2.11. The van der Waals surface area contributed by atoms with E-state index >= 15 is 0 Å². The van der Waals surface area contributed by atoms with Crippen LogP contribution in [0.5, 0.6) is 0 Å². The minimum atomic E-state index is 0.292. The predicted octanol–water partition coefficient (Wildman–Crippen LogP) is 3.06. The monoisotopic (exact) mass is 281 g/mol. The van der Waals surface area contributed by atoms with E-state index in [1.807, 2.05) is 6.07 Å². The number of nitrogens with zero attached hydrogens (tertiary/aromatic N) is 3. The Morgan fingerprint density at radius 3 is 2.56 bits per heavy atom. The molecule has 84 valence electrons. The molecule has 1 fully saturated rings. The molecule has 1 saturated carbocycles. The maximum absolute atomic E-state index is 8.47. The molecule has 0 amide bonds. The van der Waals surface area contributed by atoms with Crippen molar-refractivity contribution in [2.24, 2.45) is 5.11 Å². The third-order valence-corrected chi connectivity index (χ3v) is 6.12. The van der Waals surface area contributed by atoms with Crippen LogP contribution in [-0.4, -0.2) is 21.5 Å². The van der Waals surface area contributed by atoms with Crippen LogP contribution in [0.4, 0.5) is 0 Å². The fourth-order valence-corrected chi connectivity index (χ4v) is 5.17. The van der Waals surface area contributed by atoms with Crippen LogP contribution in [0.2, 0.25) is 4.31 Å². The number of rotatable bonds is 4. The van der Waals surface area contributed by atoms with Gasteiger partial charge in [-0.05, 0) is 0 Å². The molecule has 0 heterocycles. The molecule has 0 saturated heterocycles. The van der Waals surface area contributed by atoms with Crippen molar-refractivity contribution in [2.45, 2.75) is 30.0 Å². The summed E-state index contributed by atoms with van der Waals surface area (Å²) in [4.78, 5) is 2.92. The van der Waals surface area contributed by atoms with Gasteiger partial charge in [-0.15, -0.1) is 0 Å². The molecule has 0 aromatic heterocycles. The molecule has 0 radical (unpaired) electrons. The van der Waals surface area contributed by atoms with Gasteiger partial charge in [0.2, 0.25) is 0 Å². The molecule has 0 unspecified atom stereocenters. The zero-order valence-electron chi connectivity index (χ0n) is 9.17. The normalized spacial score (nSPS) is 18.0. The molecule has 0 aliphatic heterocycles. The topological polar surface area (TPSA) is 48.8 Å². The van der Waals surface area contributed by atoms with Crippen LogP contribution in [0.15, 0.2) is 35.4 Å². The SMILES string of the molecule is [N-]=[N+]=NCC1([Se]c2ccccc2)CCCC1. The third-order valence-electron chi connectivity index (χ3n) is 3.01. The van der Waals surface area contributed by atoms with Crippen LogP contribution in [0.3, 0.4) is 0 Å². The molecular weight excluding hydrogens is 265 g/mol. The maximum atomic E-state index is 8.47. The Hall–Kier alpha value is -0.951. The zero-order valence-corrected chi connectivity index (χ0v) is 10.9. The summed E-state index contributed by atoms with van der Waals surface area (Å²) in [5, 5.41) is 3.82. The van der Waals surface area contributed by atoms with Crippen LogP contribution in [0.25, 0.3) is 10.4 Å². The van der Waals surface area contributed by atoms with Crippen molar-refractivity contribution >= 4 is 19.4 Å². The molecule has 4 heteroatoms. The second kappa shape index (κ2) is 5.40. The van der Waals surface area contributed by atoms with Gasteiger partial charge in [-0.3, -0.25) is 0 Å². The summed E-state index contributed by atoms with van der Waals surface area (Å²) in [6.45, 7) is 0.679. The molecule has 2 rings (SSSR count). The number of hydrogen-bond acceptors (Lipinski definition) is 1. The number of azide groups is 1. The van der Waals surface area contributed by atoms with E-state index in [0.717, 1.165) is 0 Å². The molecule has 3 nitrogen and oxygen atoms in total. The van der Waals surface area contributed by atoms with Gasteiger partial charge in [0, 0.05) is 0 Å². The van der Waals surface area contributed by atoms with Gasteiger partial charge in [0.25, 0.3) is 0 Å². The molecule has 0 spiro atoms. The van der Waals surface area contributed by atoms with E-state index in [4.69, 9.17) is 5.53 Å². The van der Waals surface area contributed by atoms with Gasteiger partial charge < -0.3 is 0 Å². The van der Waals surface area contributed by atoms with Crippen LogP contribution < -0.4 is 4.46 Å². The molecule has 0 bridgehead atoms. The summed E-state index contributed by atoms with van der Waals surface area (Å²) in [6.07, 6.45) is 5.02. The van der Waals surface area contributed by atoms with Gasteiger partial charge in [0.15, 0.2) is 0 Å². The van der Waals surface area contributed by atoms with Gasteiger partial charge in [-0.2, -0.15) is 0 Å². The Morgan fingerprint density at radius 2 is 1.94 bits per heavy atom. The molecular formula is C12H15N3Se.